The van der Waals surface area contributed by atoms with Crippen LogP contribution in [0.2, 0.25) is 0 Å². The zero-order valence-electron chi connectivity index (χ0n) is 16.1. The maximum atomic E-state index is 5.45. The van der Waals surface area contributed by atoms with Crippen molar-refractivity contribution >= 4 is 11.4 Å². The van der Waals surface area contributed by atoms with Crippen LogP contribution in [-0.2, 0) is 17.7 Å². The summed E-state index contributed by atoms with van der Waals surface area (Å²) in [4.78, 5) is 0. The molecule has 3 rings (SSSR count). The van der Waals surface area contributed by atoms with E-state index in [1.54, 1.807) is 7.11 Å². The third-order valence-corrected chi connectivity index (χ3v) is 4.58. The molecule has 2 N–H and O–H groups in total. The molecule has 0 aliphatic carbocycles. The summed E-state index contributed by atoms with van der Waals surface area (Å²) in [6.45, 7) is 3.56. The highest BCUT2D eigenvalue weighted by molar-refractivity contribution is 5.69. The standard InChI is InChI=1S/C24H28N2O/c1-19-12-14-21(15-13-19)17-25-23-10-6-7-11-24(23)26-22(18-27-2)16-20-8-4-3-5-9-20/h3-15,22,25-26H,16-18H2,1-2H3. The van der Waals surface area contributed by atoms with E-state index in [9.17, 15) is 0 Å². The van der Waals surface area contributed by atoms with Crippen LogP contribution in [0.3, 0.4) is 0 Å². The van der Waals surface area contributed by atoms with Gasteiger partial charge in [0.25, 0.3) is 0 Å². The maximum absolute atomic E-state index is 5.45. The number of benzene rings is 3. The highest BCUT2D eigenvalue weighted by atomic mass is 16.5. The van der Waals surface area contributed by atoms with Gasteiger partial charge < -0.3 is 15.4 Å². The molecule has 3 heteroatoms. The Morgan fingerprint density at radius 2 is 1.44 bits per heavy atom. The minimum absolute atomic E-state index is 0.208. The highest BCUT2D eigenvalue weighted by Gasteiger charge is 2.11. The molecule has 0 radical (unpaired) electrons. The molecule has 27 heavy (non-hydrogen) atoms. The van der Waals surface area contributed by atoms with Crippen molar-refractivity contribution in [2.75, 3.05) is 24.4 Å². The first-order valence-corrected chi connectivity index (χ1v) is 9.42. The number of nitrogens with one attached hydrogen (secondary N) is 2. The van der Waals surface area contributed by atoms with Crippen LogP contribution >= 0.6 is 0 Å². The molecule has 0 aromatic heterocycles. The lowest BCUT2D eigenvalue weighted by atomic mass is 10.1. The zero-order chi connectivity index (χ0) is 18.9. The predicted molar refractivity (Wildman–Crippen MR) is 114 cm³/mol. The number of hydrogen-bond acceptors (Lipinski definition) is 3. The van der Waals surface area contributed by atoms with Gasteiger partial charge in [0.05, 0.1) is 24.0 Å². The van der Waals surface area contributed by atoms with Gasteiger partial charge in [0.1, 0.15) is 0 Å². The Morgan fingerprint density at radius 1 is 0.778 bits per heavy atom. The molecule has 1 unspecified atom stereocenters. The summed E-state index contributed by atoms with van der Waals surface area (Å²) in [7, 11) is 1.75. The zero-order valence-corrected chi connectivity index (χ0v) is 16.1. The van der Waals surface area contributed by atoms with Gasteiger partial charge in [0.2, 0.25) is 0 Å². The molecule has 0 aliphatic rings. The first-order chi connectivity index (χ1) is 13.2. The quantitative estimate of drug-likeness (QED) is 0.545. The van der Waals surface area contributed by atoms with Crippen LogP contribution in [0.4, 0.5) is 11.4 Å². The fourth-order valence-electron chi connectivity index (χ4n) is 3.14. The summed E-state index contributed by atoms with van der Waals surface area (Å²) in [5.74, 6) is 0. The SMILES string of the molecule is COCC(Cc1ccccc1)Nc1ccccc1NCc1ccc(C)cc1. The molecule has 1 atom stereocenters. The first-order valence-electron chi connectivity index (χ1n) is 9.42. The topological polar surface area (TPSA) is 33.3 Å². The minimum Gasteiger partial charge on any atom is -0.383 e. The van der Waals surface area contributed by atoms with E-state index in [0.29, 0.717) is 6.61 Å². The van der Waals surface area contributed by atoms with Crippen LogP contribution in [0.15, 0.2) is 78.9 Å². The van der Waals surface area contributed by atoms with Crippen molar-refractivity contribution in [2.24, 2.45) is 0 Å². The van der Waals surface area contributed by atoms with Gasteiger partial charge in [-0.1, -0.05) is 72.3 Å². The molecule has 3 aromatic rings. The van der Waals surface area contributed by atoms with Crippen molar-refractivity contribution < 1.29 is 4.74 Å². The van der Waals surface area contributed by atoms with E-state index in [0.717, 1.165) is 24.3 Å². The number of ether oxygens (including phenoxy) is 1. The van der Waals surface area contributed by atoms with Gasteiger partial charge in [0.15, 0.2) is 0 Å². The molecule has 0 fully saturated rings. The molecule has 3 nitrogen and oxygen atoms in total. The number of rotatable bonds is 9. The van der Waals surface area contributed by atoms with E-state index in [1.807, 2.05) is 6.07 Å². The van der Waals surface area contributed by atoms with E-state index in [-0.39, 0.29) is 6.04 Å². The second kappa shape index (κ2) is 9.79. The van der Waals surface area contributed by atoms with Crippen LogP contribution in [-0.4, -0.2) is 19.8 Å². The summed E-state index contributed by atoms with van der Waals surface area (Å²) >= 11 is 0. The van der Waals surface area contributed by atoms with E-state index in [2.05, 4.69) is 90.4 Å². The number of methoxy groups -OCH3 is 1. The first kappa shape index (κ1) is 19.0. The summed E-state index contributed by atoms with van der Waals surface area (Å²) in [6.07, 6.45) is 0.918. The fourth-order valence-corrected chi connectivity index (χ4v) is 3.14. The molecule has 0 aliphatic heterocycles. The van der Waals surface area contributed by atoms with Gasteiger partial charge in [-0.3, -0.25) is 0 Å². The number of para-hydroxylation sites is 2. The number of hydrogen-bond donors (Lipinski definition) is 2. The highest BCUT2D eigenvalue weighted by Crippen LogP contribution is 2.23. The largest absolute Gasteiger partial charge is 0.383 e. The van der Waals surface area contributed by atoms with Crippen molar-refractivity contribution in [1.29, 1.82) is 0 Å². The van der Waals surface area contributed by atoms with Gasteiger partial charge in [-0.15, -0.1) is 0 Å². The van der Waals surface area contributed by atoms with Crippen LogP contribution in [0, 0.1) is 6.92 Å². The Hall–Kier alpha value is -2.78. The Labute approximate surface area is 162 Å². The van der Waals surface area contributed by atoms with Gasteiger partial charge in [-0.25, -0.2) is 0 Å². The Bertz CT molecular complexity index is 815. The fraction of sp³-hybridized carbons (Fsp3) is 0.250. The van der Waals surface area contributed by atoms with Crippen LogP contribution in [0.25, 0.3) is 0 Å². The summed E-state index contributed by atoms with van der Waals surface area (Å²) < 4.78 is 5.45. The normalized spacial score (nSPS) is 11.8. The van der Waals surface area contributed by atoms with E-state index in [1.165, 1.54) is 16.7 Å². The smallest absolute Gasteiger partial charge is 0.0667 e. The molecule has 0 heterocycles. The monoisotopic (exact) mass is 360 g/mol. The van der Waals surface area contributed by atoms with Crippen molar-refractivity contribution in [3.05, 3.63) is 95.6 Å². The average molecular weight is 361 g/mol. The maximum Gasteiger partial charge on any atom is 0.0667 e. The van der Waals surface area contributed by atoms with Gasteiger partial charge in [0, 0.05) is 13.7 Å². The van der Waals surface area contributed by atoms with E-state index >= 15 is 0 Å². The van der Waals surface area contributed by atoms with Crippen LogP contribution < -0.4 is 10.6 Å². The van der Waals surface area contributed by atoms with Crippen molar-refractivity contribution in [2.45, 2.75) is 25.9 Å². The lowest BCUT2D eigenvalue weighted by Gasteiger charge is -2.22. The third kappa shape index (κ3) is 5.87. The molecule has 0 bridgehead atoms. The second-order valence-corrected chi connectivity index (χ2v) is 6.87. The average Bonchev–Trinajstić information content (AvgIpc) is 2.69. The molecule has 3 aromatic carbocycles. The number of anilines is 2. The molecular weight excluding hydrogens is 332 g/mol. The number of aryl methyl sites for hydroxylation is 1. The molecular formula is C24H28N2O. The van der Waals surface area contributed by atoms with E-state index < -0.39 is 0 Å². The molecule has 140 valence electrons. The Morgan fingerprint density at radius 3 is 2.15 bits per heavy atom. The minimum atomic E-state index is 0.208. The molecule has 0 saturated heterocycles. The molecule has 0 amide bonds. The molecule has 0 spiro atoms. The van der Waals surface area contributed by atoms with Crippen molar-refractivity contribution in [1.82, 2.24) is 0 Å². The summed E-state index contributed by atoms with van der Waals surface area (Å²) in [5, 5.41) is 7.21. The summed E-state index contributed by atoms with van der Waals surface area (Å²) in [6, 6.07) is 27.7. The molecule has 0 saturated carbocycles. The lowest BCUT2D eigenvalue weighted by molar-refractivity contribution is 0.185. The Kier molecular flexibility index (Phi) is 6.89. The third-order valence-electron chi connectivity index (χ3n) is 4.58. The van der Waals surface area contributed by atoms with Crippen LogP contribution in [0.5, 0.6) is 0 Å². The van der Waals surface area contributed by atoms with Crippen molar-refractivity contribution in [3.63, 3.8) is 0 Å². The lowest BCUT2D eigenvalue weighted by Crippen LogP contribution is -2.27. The van der Waals surface area contributed by atoms with Gasteiger partial charge >= 0.3 is 0 Å². The van der Waals surface area contributed by atoms with Crippen molar-refractivity contribution in [3.8, 4) is 0 Å². The predicted octanol–water partition coefficient (Wildman–Crippen LogP) is 5.28. The summed E-state index contributed by atoms with van der Waals surface area (Å²) in [5.41, 5.74) is 6.06. The Balaban J connectivity index is 1.68. The van der Waals surface area contributed by atoms with Gasteiger partial charge in [-0.05, 0) is 36.6 Å². The van der Waals surface area contributed by atoms with Gasteiger partial charge in [-0.2, -0.15) is 0 Å². The van der Waals surface area contributed by atoms with Crippen LogP contribution in [0.1, 0.15) is 16.7 Å². The second-order valence-electron chi connectivity index (χ2n) is 6.87. The van der Waals surface area contributed by atoms with E-state index in [4.69, 9.17) is 4.74 Å².